The lowest BCUT2D eigenvalue weighted by Gasteiger charge is -2.36. The van der Waals surface area contributed by atoms with E-state index in [4.69, 9.17) is 11.6 Å². The Morgan fingerprint density at radius 2 is 1.79 bits per heavy atom. The first kappa shape index (κ1) is 18.3. The van der Waals surface area contributed by atoms with Crippen LogP contribution in [-0.4, -0.2) is 34.6 Å². The number of hydrogen-bond donors (Lipinski definition) is 0. The highest BCUT2D eigenvalue weighted by Gasteiger charge is 2.52. The fourth-order valence-corrected chi connectivity index (χ4v) is 2.17. The van der Waals surface area contributed by atoms with Gasteiger partial charge in [0.05, 0.1) is 0 Å². The molecule has 0 bridgehead atoms. The summed E-state index contributed by atoms with van der Waals surface area (Å²) in [5.41, 5.74) is -0.831. The minimum absolute atomic E-state index is 0.0550. The van der Waals surface area contributed by atoms with Gasteiger partial charge in [0, 0.05) is 23.8 Å². The lowest BCUT2D eigenvalue weighted by atomic mass is 10.0. The van der Waals surface area contributed by atoms with Crippen molar-refractivity contribution in [3.8, 4) is 11.1 Å². The van der Waals surface area contributed by atoms with E-state index in [1.807, 2.05) is 6.07 Å². The molecule has 0 aliphatic heterocycles. The molecule has 0 spiro atoms. The molecule has 1 amide bonds. The Morgan fingerprint density at radius 1 is 1.12 bits per heavy atom. The number of amides is 1. The molecule has 0 aliphatic rings. The molecule has 24 heavy (non-hydrogen) atoms. The summed E-state index contributed by atoms with van der Waals surface area (Å²) < 4.78 is 39.2. The van der Waals surface area contributed by atoms with Crippen LogP contribution >= 0.6 is 11.6 Å². The Labute approximate surface area is 143 Å². The van der Waals surface area contributed by atoms with Crippen LogP contribution in [0, 0.1) is 0 Å². The van der Waals surface area contributed by atoms with E-state index in [1.54, 1.807) is 24.3 Å². The van der Waals surface area contributed by atoms with Crippen molar-refractivity contribution in [2.45, 2.75) is 25.6 Å². The Bertz CT molecular complexity index is 742. The second-order valence-corrected chi connectivity index (χ2v) is 6.30. The topological polar surface area (TPSA) is 33.2 Å². The molecule has 0 N–H and O–H groups in total. The predicted octanol–water partition coefficient (Wildman–Crippen LogP) is 4.81. The highest BCUT2D eigenvalue weighted by Crippen LogP contribution is 2.34. The highest BCUT2D eigenvalue weighted by molar-refractivity contribution is 6.30. The molecule has 0 fully saturated rings. The summed E-state index contributed by atoms with van der Waals surface area (Å²) in [5, 5.41) is 0.555. The van der Waals surface area contributed by atoms with Crippen LogP contribution in [0.4, 0.5) is 13.2 Å². The molecule has 0 atom stereocenters. The Morgan fingerprint density at radius 3 is 2.29 bits per heavy atom. The minimum Gasteiger partial charge on any atom is -0.326 e. The average molecular weight is 357 g/mol. The summed E-state index contributed by atoms with van der Waals surface area (Å²) >= 11 is 5.92. The maximum atomic E-state index is 13.1. The van der Waals surface area contributed by atoms with Crippen LogP contribution in [0.5, 0.6) is 0 Å². The first-order valence-electron chi connectivity index (χ1n) is 7.11. The summed E-state index contributed by atoms with van der Waals surface area (Å²) in [6.07, 6.45) is -3.11. The second-order valence-electron chi connectivity index (χ2n) is 5.86. The molecule has 1 aromatic carbocycles. The number of halogens is 4. The predicted molar refractivity (Wildman–Crippen MR) is 86.9 cm³/mol. The van der Waals surface area contributed by atoms with Gasteiger partial charge < -0.3 is 4.90 Å². The van der Waals surface area contributed by atoms with E-state index in [9.17, 15) is 18.0 Å². The minimum atomic E-state index is -4.54. The second kappa shape index (κ2) is 6.43. The zero-order valence-electron chi connectivity index (χ0n) is 13.4. The van der Waals surface area contributed by atoms with Crippen LogP contribution in [0.3, 0.4) is 0 Å². The molecule has 0 saturated carbocycles. The molecule has 0 saturated heterocycles. The van der Waals surface area contributed by atoms with Gasteiger partial charge in [-0.15, -0.1) is 0 Å². The molecule has 1 aromatic heterocycles. The zero-order valence-corrected chi connectivity index (χ0v) is 14.1. The number of carbonyl (C=O) groups is 1. The number of alkyl halides is 3. The van der Waals surface area contributed by atoms with Crippen molar-refractivity contribution in [3.05, 3.63) is 53.3 Å². The third kappa shape index (κ3) is 3.53. The van der Waals surface area contributed by atoms with E-state index >= 15 is 0 Å². The Balaban J connectivity index is 2.26. The third-order valence-electron chi connectivity index (χ3n) is 3.98. The molecule has 128 valence electrons. The number of aromatic nitrogens is 1. The normalized spacial score (nSPS) is 12.1. The summed E-state index contributed by atoms with van der Waals surface area (Å²) in [6.45, 7) is 1.90. The monoisotopic (exact) mass is 356 g/mol. The quantitative estimate of drug-likeness (QED) is 0.790. The first-order valence-corrected chi connectivity index (χ1v) is 7.48. The van der Waals surface area contributed by atoms with E-state index in [0.717, 1.165) is 26.5 Å². The van der Waals surface area contributed by atoms with Crippen LogP contribution < -0.4 is 0 Å². The summed E-state index contributed by atoms with van der Waals surface area (Å²) in [5.74, 6) is -0.796. The molecule has 0 radical (unpaired) electrons. The van der Waals surface area contributed by atoms with Gasteiger partial charge in [-0.25, -0.2) is 0 Å². The van der Waals surface area contributed by atoms with Gasteiger partial charge in [-0.3, -0.25) is 9.78 Å². The Kier molecular flexibility index (Phi) is 4.90. The van der Waals surface area contributed by atoms with Gasteiger partial charge >= 0.3 is 6.18 Å². The molecule has 1 heterocycles. The molecule has 0 aliphatic carbocycles. The molecule has 2 rings (SSSR count). The van der Waals surface area contributed by atoms with Crippen molar-refractivity contribution in [1.82, 2.24) is 9.88 Å². The number of benzene rings is 1. The number of rotatable bonds is 3. The SMILES string of the molecule is CN(C(=O)c1ccc(-c2cccc(Cl)c2)cn1)C(C)(C)C(F)(F)F. The van der Waals surface area contributed by atoms with Crippen molar-refractivity contribution >= 4 is 17.5 Å². The lowest BCUT2D eigenvalue weighted by molar-refractivity contribution is -0.208. The number of nitrogens with zero attached hydrogens (tertiary/aromatic N) is 2. The molecule has 0 unspecified atom stereocenters. The van der Waals surface area contributed by atoms with Crippen LogP contribution in [-0.2, 0) is 0 Å². The fourth-order valence-electron chi connectivity index (χ4n) is 1.98. The van der Waals surface area contributed by atoms with E-state index in [1.165, 1.54) is 12.3 Å². The molecule has 7 heteroatoms. The van der Waals surface area contributed by atoms with Crippen molar-refractivity contribution in [3.63, 3.8) is 0 Å². The maximum Gasteiger partial charge on any atom is 0.411 e. The van der Waals surface area contributed by atoms with Gasteiger partial charge in [0.15, 0.2) is 0 Å². The molecule has 3 nitrogen and oxygen atoms in total. The summed E-state index contributed by atoms with van der Waals surface area (Å²) in [4.78, 5) is 16.9. The fraction of sp³-hybridized carbons (Fsp3) is 0.294. The van der Waals surface area contributed by atoms with Gasteiger partial charge in [-0.2, -0.15) is 13.2 Å². The van der Waals surface area contributed by atoms with Crippen molar-refractivity contribution in [1.29, 1.82) is 0 Å². The van der Waals surface area contributed by atoms with Crippen LogP contribution in [0.15, 0.2) is 42.6 Å². The number of pyridine rings is 1. The van der Waals surface area contributed by atoms with Gasteiger partial charge in [0.2, 0.25) is 0 Å². The maximum absolute atomic E-state index is 13.1. The smallest absolute Gasteiger partial charge is 0.326 e. The Hall–Kier alpha value is -2.08. The first-order chi connectivity index (χ1) is 11.0. The molecular weight excluding hydrogens is 341 g/mol. The van der Waals surface area contributed by atoms with Gasteiger partial charge in [-0.1, -0.05) is 29.8 Å². The van der Waals surface area contributed by atoms with E-state index in [2.05, 4.69) is 4.98 Å². The van der Waals surface area contributed by atoms with Crippen LogP contribution in [0.2, 0.25) is 5.02 Å². The van der Waals surface area contributed by atoms with Crippen LogP contribution in [0.25, 0.3) is 11.1 Å². The molecular formula is C17H16ClF3N2O. The van der Waals surface area contributed by atoms with E-state index in [-0.39, 0.29) is 5.69 Å². The largest absolute Gasteiger partial charge is 0.411 e. The van der Waals surface area contributed by atoms with Crippen LogP contribution in [0.1, 0.15) is 24.3 Å². The zero-order chi connectivity index (χ0) is 18.1. The van der Waals surface area contributed by atoms with Crippen molar-refractivity contribution in [2.75, 3.05) is 7.05 Å². The average Bonchev–Trinajstić information content (AvgIpc) is 2.52. The third-order valence-corrected chi connectivity index (χ3v) is 4.21. The molecule has 2 aromatic rings. The lowest BCUT2D eigenvalue weighted by Crippen LogP contribution is -2.55. The van der Waals surface area contributed by atoms with E-state index < -0.39 is 17.6 Å². The van der Waals surface area contributed by atoms with Crippen molar-refractivity contribution < 1.29 is 18.0 Å². The summed E-state index contributed by atoms with van der Waals surface area (Å²) in [7, 11) is 1.11. The van der Waals surface area contributed by atoms with Gasteiger partial charge in [0.1, 0.15) is 11.2 Å². The van der Waals surface area contributed by atoms with Gasteiger partial charge in [-0.05, 0) is 37.6 Å². The standard InChI is InChI=1S/C17H16ClF3N2O/c1-16(2,17(19,20)21)23(3)15(24)14-8-7-12(10-22-14)11-5-4-6-13(18)9-11/h4-10H,1-3H3. The van der Waals surface area contributed by atoms with Crippen molar-refractivity contribution in [2.24, 2.45) is 0 Å². The number of carbonyl (C=O) groups excluding carboxylic acids is 1. The number of hydrogen-bond acceptors (Lipinski definition) is 2. The highest BCUT2D eigenvalue weighted by atomic mass is 35.5. The van der Waals surface area contributed by atoms with E-state index in [0.29, 0.717) is 15.5 Å². The summed E-state index contributed by atoms with van der Waals surface area (Å²) in [6, 6.07) is 10.1. The van der Waals surface area contributed by atoms with Gasteiger partial charge in [0.25, 0.3) is 5.91 Å².